The van der Waals surface area contributed by atoms with Crippen molar-refractivity contribution in [2.24, 2.45) is 0 Å². The van der Waals surface area contributed by atoms with Gasteiger partial charge in [-0.15, -0.1) is 0 Å². The third-order valence-electron chi connectivity index (χ3n) is 15.7. The lowest BCUT2D eigenvalue weighted by atomic mass is 9.88. The molecule has 3 aliphatic heterocycles. The van der Waals surface area contributed by atoms with Crippen LogP contribution in [0, 0.1) is 0 Å². The summed E-state index contributed by atoms with van der Waals surface area (Å²) in [5, 5.41) is 124. The van der Waals surface area contributed by atoms with Crippen molar-refractivity contribution in [1.82, 2.24) is 10.6 Å². The number of carbonyl (C=O) groups excluding carboxylic acids is 3. The number of carbonyl (C=O) groups is 4. The molecule has 82 heavy (non-hydrogen) atoms. The van der Waals surface area contributed by atoms with E-state index in [0.29, 0.717) is 12.8 Å². The van der Waals surface area contributed by atoms with Gasteiger partial charge in [0.2, 0.25) is 11.8 Å². The fraction of sp³-hybridized carbons (Fsp3) is 0.931. The lowest BCUT2D eigenvalue weighted by Crippen LogP contribution is -2.70. The molecule has 0 spiro atoms. The first-order valence-corrected chi connectivity index (χ1v) is 30.9. The van der Waals surface area contributed by atoms with Crippen LogP contribution in [-0.2, 0) is 52.3 Å². The van der Waals surface area contributed by atoms with Gasteiger partial charge >= 0.3 is 11.9 Å². The predicted molar refractivity (Wildman–Crippen MR) is 297 cm³/mol. The third kappa shape index (κ3) is 25.3. The lowest BCUT2D eigenvalue weighted by molar-refractivity contribution is -0.386. The maximum absolute atomic E-state index is 13.6. The largest absolute Gasteiger partial charge is 0.477 e. The first-order valence-electron chi connectivity index (χ1n) is 30.9. The molecule has 0 saturated carbocycles. The topological polar surface area (TPSA) is 379 Å². The van der Waals surface area contributed by atoms with Crippen molar-refractivity contribution in [1.29, 1.82) is 0 Å². The smallest absolute Gasteiger partial charge is 0.364 e. The summed E-state index contributed by atoms with van der Waals surface area (Å²) in [6, 6.07) is -2.95. The first kappa shape index (κ1) is 73.5. The highest BCUT2D eigenvalue weighted by molar-refractivity contribution is 5.84. The Morgan fingerprint density at radius 2 is 1.10 bits per heavy atom. The van der Waals surface area contributed by atoms with Crippen molar-refractivity contribution < 1.29 is 109 Å². The van der Waals surface area contributed by atoms with Gasteiger partial charge < -0.3 is 100.0 Å². The zero-order chi connectivity index (χ0) is 60.5. The van der Waals surface area contributed by atoms with Crippen LogP contribution in [0.1, 0.15) is 207 Å². The number of aliphatic carboxylic acids is 1. The van der Waals surface area contributed by atoms with E-state index in [-0.39, 0.29) is 13.0 Å². The number of hydrogen-bond donors (Lipinski definition) is 13. The van der Waals surface area contributed by atoms with Crippen molar-refractivity contribution in [3.8, 4) is 0 Å². The van der Waals surface area contributed by atoms with Gasteiger partial charge in [-0.3, -0.25) is 9.59 Å². The summed E-state index contributed by atoms with van der Waals surface area (Å²) in [4.78, 5) is 51.9. The Morgan fingerprint density at radius 1 is 0.610 bits per heavy atom. The fourth-order valence-electron chi connectivity index (χ4n) is 10.8. The van der Waals surface area contributed by atoms with Crippen LogP contribution in [0.25, 0.3) is 0 Å². The fourth-order valence-corrected chi connectivity index (χ4v) is 10.8. The summed E-state index contributed by atoms with van der Waals surface area (Å²) >= 11 is 0. The minimum Gasteiger partial charge on any atom is -0.477 e. The molecule has 3 aliphatic rings. The van der Waals surface area contributed by atoms with E-state index in [1.807, 2.05) is 0 Å². The number of aliphatic hydroxyl groups is 10. The second-order valence-electron chi connectivity index (χ2n) is 22.7. The molecular formula is C58H106N2O22. The SMILES string of the molecule is CCCCCCCCCCCCCCCCCC(=O)N[C@@H](CO[C@@H]1O[C@H](CO)[C@@H](O[C@@H]2O[C@H](CO)[C@H](O)[C@H](O[C@]3(C(=O)O)C[C@H](O)[C@@H](NC(C)=O)[C@H]([C@H](O)[C@H](O)CO)O3)[C@H]2O)[C@H](O)[C@H]1O)C(=O)OCCCCCCCCCCCCCC. The van der Waals surface area contributed by atoms with Crippen LogP contribution in [0.5, 0.6) is 0 Å². The van der Waals surface area contributed by atoms with Crippen LogP contribution in [0.2, 0.25) is 0 Å². The number of hydrogen-bond acceptors (Lipinski definition) is 21. The second kappa shape index (κ2) is 41.4. The van der Waals surface area contributed by atoms with E-state index in [9.17, 15) is 75.3 Å². The van der Waals surface area contributed by atoms with Crippen molar-refractivity contribution in [2.45, 2.75) is 311 Å². The van der Waals surface area contributed by atoms with Crippen LogP contribution in [0.4, 0.5) is 0 Å². The number of unbranched alkanes of at least 4 members (excludes halogenated alkanes) is 25. The van der Waals surface area contributed by atoms with Gasteiger partial charge in [-0.25, -0.2) is 9.59 Å². The van der Waals surface area contributed by atoms with Gasteiger partial charge in [-0.2, -0.15) is 0 Å². The Kier molecular flexibility index (Phi) is 37.1. The van der Waals surface area contributed by atoms with Crippen LogP contribution >= 0.6 is 0 Å². The molecule has 0 radical (unpaired) electrons. The number of nitrogens with one attached hydrogen (secondary N) is 2. The van der Waals surface area contributed by atoms with E-state index in [0.717, 1.165) is 58.3 Å². The molecule has 0 aromatic rings. The molecule has 24 heteroatoms. The standard InChI is InChI=1S/C58H106N2O22/c1-4-6-8-10-12-14-16-18-19-20-21-23-25-27-29-31-44(67)60-39(54(73)76-32-30-28-26-24-22-17-15-13-11-9-7-5-2)37-77-55-49(71)48(70)51(43(36-63)79-55)80-56-50(72)53(47(69)42(35-62)78-56)82-58(57(74)75)33-40(65)45(59-38(3)64)52(81-58)46(68)41(66)34-61/h39-43,45-53,55-56,61-63,65-66,68-72H,4-37H2,1-3H3,(H,59,64)(H,60,67)(H,74,75)/t39-,40-,41+,42+,43+,45+,46+,47-,48+,49+,50+,51+,52+,53-,55+,56-,58-/m0/s1. The first-order chi connectivity index (χ1) is 39.4. The molecule has 17 atom stereocenters. The highest BCUT2D eigenvalue weighted by atomic mass is 16.8. The van der Waals surface area contributed by atoms with Crippen LogP contribution < -0.4 is 10.6 Å². The Bertz CT molecular complexity index is 1740. The zero-order valence-electron chi connectivity index (χ0n) is 49.2. The Morgan fingerprint density at radius 3 is 1.57 bits per heavy atom. The average Bonchev–Trinajstić information content (AvgIpc) is 3.03. The van der Waals surface area contributed by atoms with Gasteiger partial charge in [0.1, 0.15) is 67.1 Å². The maximum atomic E-state index is 13.6. The highest BCUT2D eigenvalue weighted by Crippen LogP contribution is 2.38. The minimum absolute atomic E-state index is 0.0907. The minimum atomic E-state index is -3.09. The summed E-state index contributed by atoms with van der Waals surface area (Å²) in [6.45, 7) is 1.95. The number of ether oxygens (including phenoxy) is 7. The van der Waals surface area contributed by atoms with E-state index in [4.69, 9.17) is 33.2 Å². The molecule has 3 heterocycles. The van der Waals surface area contributed by atoms with E-state index in [2.05, 4.69) is 24.5 Å². The number of aliphatic hydroxyl groups excluding tert-OH is 10. The summed E-state index contributed by atoms with van der Waals surface area (Å²) in [5.41, 5.74) is 0. The van der Waals surface area contributed by atoms with Gasteiger partial charge in [-0.1, -0.05) is 174 Å². The zero-order valence-corrected chi connectivity index (χ0v) is 49.2. The molecule has 3 rings (SSSR count). The Labute approximate surface area is 485 Å². The summed E-state index contributed by atoms with van der Waals surface area (Å²) in [7, 11) is 0. The lowest BCUT2D eigenvalue weighted by Gasteiger charge is -2.50. The molecule has 0 bridgehead atoms. The summed E-state index contributed by atoms with van der Waals surface area (Å²) in [6.07, 6.45) is 2.27. The molecule has 0 aromatic carbocycles. The number of rotatable bonds is 45. The van der Waals surface area contributed by atoms with Gasteiger partial charge in [0.05, 0.1) is 45.2 Å². The maximum Gasteiger partial charge on any atom is 0.364 e. The molecule has 2 amide bonds. The highest BCUT2D eigenvalue weighted by Gasteiger charge is 2.60. The van der Waals surface area contributed by atoms with Crippen molar-refractivity contribution in [3.05, 3.63) is 0 Å². The molecular weight excluding hydrogens is 1080 g/mol. The molecule has 13 N–H and O–H groups in total. The monoisotopic (exact) mass is 1180 g/mol. The molecule has 480 valence electrons. The molecule has 0 aliphatic carbocycles. The third-order valence-corrected chi connectivity index (χ3v) is 15.7. The number of amides is 2. The van der Waals surface area contributed by atoms with Gasteiger partial charge in [-0.05, 0) is 12.8 Å². The average molecular weight is 1180 g/mol. The number of carboxylic acid groups (broad SMARTS) is 1. The van der Waals surface area contributed by atoms with Gasteiger partial charge in [0.25, 0.3) is 5.79 Å². The molecule has 24 nitrogen and oxygen atoms in total. The van der Waals surface area contributed by atoms with Crippen molar-refractivity contribution >= 4 is 23.8 Å². The molecule has 3 fully saturated rings. The second-order valence-corrected chi connectivity index (χ2v) is 22.7. The summed E-state index contributed by atoms with van der Waals surface area (Å²) in [5.74, 6) is -7.06. The Hall–Kier alpha value is -2.76. The Balaban J connectivity index is 1.65. The number of carboxylic acids is 1. The molecule has 3 saturated heterocycles. The van der Waals surface area contributed by atoms with E-state index >= 15 is 0 Å². The molecule has 0 unspecified atom stereocenters. The quantitative estimate of drug-likeness (QED) is 0.0308. The van der Waals surface area contributed by atoms with Gasteiger partial charge in [0.15, 0.2) is 18.6 Å². The molecule has 0 aromatic heterocycles. The van der Waals surface area contributed by atoms with Crippen LogP contribution in [0.15, 0.2) is 0 Å². The van der Waals surface area contributed by atoms with E-state index < -0.39 is 160 Å². The van der Waals surface area contributed by atoms with E-state index in [1.165, 1.54) is 109 Å². The van der Waals surface area contributed by atoms with Crippen LogP contribution in [-0.4, -0.2) is 217 Å². The van der Waals surface area contributed by atoms with E-state index in [1.54, 1.807) is 0 Å². The van der Waals surface area contributed by atoms with Crippen molar-refractivity contribution in [2.75, 3.05) is 33.0 Å². The van der Waals surface area contributed by atoms with Crippen molar-refractivity contribution in [3.63, 3.8) is 0 Å². The van der Waals surface area contributed by atoms with Gasteiger partial charge in [0, 0.05) is 19.8 Å². The predicted octanol–water partition coefficient (Wildman–Crippen LogP) is 2.79. The number of esters is 1. The summed E-state index contributed by atoms with van der Waals surface area (Å²) < 4.78 is 40.0. The normalized spacial score (nSPS) is 29.6. The van der Waals surface area contributed by atoms with Crippen LogP contribution in [0.3, 0.4) is 0 Å².